The molecule has 3 amide bonds. The summed E-state index contributed by atoms with van der Waals surface area (Å²) < 4.78 is 34.4. The third kappa shape index (κ3) is 10.5. The minimum absolute atomic E-state index is 0.0629. The van der Waals surface area contributed by atoms with Crippen molar-refractivity contribution in [1.29, 1.82) is 0 Å². The van der Waals surface area contributed by atoms with Crippen LogP contribution >= 0.6 is 0 Å². The van der Waals surface area contributed by atoms with E-state index in [4.69, 9.17) is 9.94 Å². The van der Waals surface area contributed by atoms with E-state index in [9.17, 15) is 32.9 Å². The maximum Gasteiger partial charge on any atom is 0.293 e. The predicted octanol–water partition coefficient (Wildman–Crippen LogP) is 5.94. The van der Waals surface area contributed by atoms with E-state index in [1.165, 1.54) is 30.3 Å². The van der Waals surface area contributed by atoms with Gasteiger partial charge >= 0.3 is 0 Å². The molecule has 15 heteroatoms. The fourth-order valence-electron chi connectivity index (χ4n) is 4.69. The Balaban J connectivity index is 1.51. The van der Waals surface area contributed by atoms with E-state index in [-0.39, 0.29) is 29.1 Å². The lowest BCUT2D eigenvalue weighted by atomic mass is 10.1. The minimum atomic E-state index is -4.60. The first kappa shape index (κ1) is 36.8. The fraction of sp³-hybridized carbons (Fsp3) is 0.171. The lowest BCUT2D eigenvalue weighted by molar-refractivity contribution is -0.384. The highest BCUT2D eigenvalue weighted by atomic mass is 32.2. The van der Waals surface area contributed by atoms with Crippen LogP contribution in [0.1, 0.15) is 47.2 Å². The Kier molecular flexibility index (Phi) is 12.8. The van der Waals surface area contributed by atoms with Gasteiger partial charge in [-0.05, 0) is 73.4 Å². The largest absolute Gasteiger partial charge is 0.456 e. The smallest absolute Gasteiger partial charge is 0.293 e. The summed E-state index contributed by atoms with van der Waals surface area (Å²) in [5.41, 5.74) is 3.02. The molecular weight excluding hydrogens is 666 g/mol. The van der Waals surface area contributed by atoms with Gasteiger partial charge in [0.2, 0.25) is 11.8 Å². The molecule has 50 heavy (non-hydrogen) atoms. The Morgan fingerprint density at radius 2 is 1.66 bits per heavy atom. The third-order valence-corrected chi connectivity index (χ3v) is 8.62. The number of aryl methyl sites for hydroxylation is 1. The molecule has 0 aliphatic rings. The van der Waals surface area contributed by atoms with E-state index >= 15 is 0 Å². The second kappa shape index (κ2) is 17.4. The zero-order valence-corrected chi connectivity index (χ0v) is 27.7. The summed E-state index contributed by atoms with van der Waals surface area (Å²) >= 11 is 0. The van der Waals surface area contributed by atoms with Crippen LogP contribution in [-0.2, 0) is 19.6 Å². The highest BCUT2D eigenvalue weighted by Gasteiger charge is 2.25. The number of hydroxylamine groups is 1. The maximum absolute atomic E-state index is 13.4. The van der Waals surface area contributed by atoms with E-state index in [0.717, 1.165) is 23.3 Å². The van der Waals surface area contributed by atoms with Crippen molar-refractivity contribution < 1.29 is 37.7 Å². The van der Waals surface area contributed by atoms with Gasteiger partial charge in [0.05, 0.1) is 15.4 Å². The number of hydrogen-bond acceptors (Lipinski definition) is 10. The number of nitrogens with zero attached hydrogens (tertiary/aromatic N) is 1. The van der Waals surface area contributed by atoms with Gasteiger partial charge in [-0.15, -0.1) is 0 Å². The summed E-state index contributed by atoms with van der Waals surface area (Å²) in [6.07, 6.45) is 4.79. The van der Waals surface area contributed by atoms with Crippen molar-refractivity contribution in [1.82, 2.24) is 10.2 Å². The fourth-order valence-corrected chi connectivity index (χ4v) is 5.68. The standard InChI is InChI=1S/C35H35N5O9S/c1-24-10-7-8-11-25(24)15-20-33(41)37-26-16-18-29(32(22-26)49-27-12-4-2-5-13-27)35(43)39-50(47,48)28-17-19-30(31(23-28)40(45)46)36-21-9-3-6-14-34(42)38-44/h2,4-5,7-8,10-13,15-20,22-23,36,44H,3,6,9,14,21H2,1H3,(H,37,41)(H,38,42)(H,39,43). The number of amides is 3. The molecule has 260 valence electrons. The monoisotopic (exact) mass is 701 g/mol. The molecule has 4 aromatic carbocycles. The van der Waals surface area contributed by atoms with Gasteiger partial charge in [0.1, 0.15) is 17.2 Å². The van der Waals surface area contributed by atoms with Crippen molar-refractivity contribution in [3.8, 4) is 11.5 Å². The van der Waals surface area contributed by atoms with E-state index in [1.54, 1.807) is 41.9 Å². The molecule has 0 fully saturated rings. The number of nitro benzene ring substituents is 1. The normalized spacial score (nSPS) is 11.1. The van der Waals surface area contributed by atoms with E-state index in [2.05, 4.69) is 10.6 Å². The molecule has 4 aromatic rings. The molecule has 0 aromatic heterocycles. The summed E-state index contributed by atoms with van der Waals surface area (Å²) in [6, 6.07) is 23.2. The van der Waals surface area contributed by atoms with Crippen LogP contribution in [-0.4, -0.2) is 42.8 Å². The Labute approximate surface area is 288 Å². The molecule has 0 aliphatic carbocycles. The number of anilines is 2. The topological polar surface area (TPSA) is 206 Å². The summed E-state index contributed by atoms with van der Waals surface area (Å²) in [5.74, 6) is -1.77. The highest BCUT2D eigenvalue weighted by Crippen LogP contribution is 2.31. The quantitative estimate of drug-likeness (QED) is 0.0305. The molecule has 14 nitrogen and oxygen atoms in total. The Hall–Kier alpha value is -6.06. The Bertz CT molecular complexity index is 2000. The van der Waals surface area contributed by atoms with Gasteiger partial charge in [0.15, 0.2) is 0 Å². The highest BCUT2D eigenvalue weighted by molar-refractivity contribution is 7.90. The van der Waals surface area contributed by atoms with Gasteiger partial charge in [-0.25, -0.2) is 18.6 Å². The number of rotatable bonds is 16. The molecule has 0 aliphatic heterocycles. The summed E-state index contributed by atoms with van der Waals surface area (Å²) in [5, 5.41) is 25.9. The number of nitro groups is 1. The van der Waals surface area contributed by atoms with Crippen LogP contribution < -0.4 is 25.6 Å². The number of hydrogen-bond donors (Lipinski definition) is 5. The van der Waals surface area contributed by atoms with Gasteiger partial charge in [-0.2, -0.15) is 0 Å². The maximum atomic E-state index is 13.4. The van der Waals surface area contributed by atoms with Gasteiger partial charge in [-0.3, -0.25) is 29.7 Å². The van der Waals surface area contributed by atoms with Crippen molar-refractivity contribution in [2.24, 2.45) is 0 Å². The van der Waals surface area contributed by atoms with Crippen molar-refractivity contribution in [2.45, 2.75) is 37.5 Å². The molecule has 0 heterocycles. The van der Waals surface area contributed by atoms with Crippen LogP contribution in [0.2, 0.25) is 0 Å². The lowest BCUT2D eigenvalue weighted by Crippen LogP contribution is -2.31. The molecule has 0 saturated heterocycles. The number of ether oxygens (including phenoxy) is 1. The van der Waals surface area contributed by atoms with Crippen molar-refractivity contribution in [2.75, 3.05) is 17.2 Å². The van der Waals surface area contributed by atoms with E-state index in [0.29, 0.717) is 31.6 Å². The van der Waals surface area contributed by atoms with Crippen LogP contribution in [0.5, 0.6) is 11.5 Å². The number of carbonyl (C=O) groups excluding carboxylic acids is 3. The van der Waals surface area contributed by atoms with Crippen LogP contribution in [0, 0.1) is 17.0 Å². The SMILES string of the molecule is Cc1ccccc1C=CC(=O)Nc1ccc(C(=O)NS(=O)(=O)c2ccc(NCCCCCC(=O)NO)c([N+](=O)[O-])c2)c(Oc2ccccc2)c1. The summed E-state index contributed by atoms with van der Waals surface area (Å²) in [6.45, 7) is 2.22. The number of sulfonamides is 1. The van der Waals surface area contributed by atoms with Gasteiger partial charge in [0.25, 0.3) is 21.6 Å². The lowest BCUT2D eigenvalue weighted by Gasteiger charge is -2.14. The predicted molar refractivity (Wildman–Crippen MR) is 186 cm³/mol. The van der Waals surface area contributed by atoms with Crippen LogP contribution in [0.15, 0.2) is 102 Å². The van der Waals surface area contributed by atoms with Crippen LogP contribution in [0.4, 0.5) is 17.1 Å². The van der Waals surface area contributed by atoms with Crippen LogP contribution in [0.25, 0.3) is 6.08 Å². The van der Waals surface area contributed by atoms with Crippen molar-refractivity contribution in [3.63, 3.8) is 0 Å². The molecule has 4 rings (SSSR count). The Morgan fingerprint density at radius 3 is 2.38 bits per heavy atom. The number of carbonyl (C=O) groups is 3. The van der Waals surface area contributed by atoms with Crippen LogP contribution in [0.3, 0.4) is 0 Å². The summed E-state index contributed by atoms with van der Waals surface area (Å²) in [7, 11) is -4.60. The number of nitrogens with one attached hydrogen (secondary N) is 4. The number of benzene rings is 4. The first-order chi connectivity index (χ1) is 24.0. The second-order valence-electron chi connectivity index (χ2n) is 10.9. The van der Waals surface area contributed by atoms with E-state index in [1.807, 2.05) is 35.9 Å². The summed E-state index contributed by atoms with van der Waals surface area (Å²) in [4.78, 5) is 47.7. The zero-order valence-electron chi connectivity index (χ0n) is 26.9. The average Bonchev–Trinajstić information content (AvgIpc) is 3.09. The molecule has 0 radical (unpaired) electrons. The zero-order chi connectivity index (χ0) is 36.1. The van der Waals surface area contributed by atoms with Gasteiger partial charge < -0.3 is 15.4 Å². The van der Waals surface area contributed by atoms with E-state index < -0.39 is 43.3 Å². The molecule has 0 unspecified atom stereocenters. The third-order valence-electron chi connectivity index (χ3n) is 7.29. The molecule has 0 bridgehead atoms. The van der Waals surface area contributed by atoms with Gasteiger partial charge in [0, 0.05) is 36.9 Å². The average molecular weight is 702 g/mol. The molecule has 5 N–H and O–H groups in total. The van der Waals surface area contributed by atoms with Crippen molar-refractivity contribution >= 4 is 50.9 Å². The van der Waals surface area contributed by atoms with Gasteiger partial charge in [-0.1, -0.05) is 48.9 Å². The first-order valence-corrected chi connectivity index (χ1v) is 16.9. The molecule has 0 atom stereocenters. The molecule has 0 saturated carbocycles. The number of para-hydroxylation sites is 1. The minimum Gasteiger partial charge on any atom is -0.456 e. The number of unbranched alkanes of at least 4 members (excludes halogenated alkanes) is 2. The Morgan fingerprint density at radius 1 is 0.920 bits per heavy atom. The molecule has 0 spiro atoms. The second-order valence-corrected chi connectivity index (χ2v) is 12.6. The van der Waals surface area contributed by atoms with Crippen molar-refractivity contribution in [3.05, 3.63) is 124 Å². The first-order valence-electron chi connectivity index (χ1n) is 15.4. The molecular formula is C35H35N5O9S.